The Morgan fingerprint density at radius 2 is 1.68 bits per heavy atom. The molecule has 1 N–H and O–H groups in total. The molecule has 2 aliphatic heterocycles. The van der Waals surface area contributed by atoms with Crippen LogP contribution in [0.25, 0.3) is 22.0 Å². The predicted octanol–water partition coefficient (Wildman–Crippen LogP) is 3.77. The first-order chi connectivity index (χ1) is 14.7. The Balaban J connectivity index is 0.00000231. The lowest BCUT2D eigenvalue weighted by Crippen LogP contribution is -2.53. The molecule has 0 unspecified atom stereocenters. The lowest BCUT2D eigenvalue weighted by atomic mass is 10.0. The summed E-state index contributed by atoms with van der Waals surface area (Å²) < 4.78 is 0. The first kappa shape index (κ1) is 21.8. The Bertz CT molecular complexity index is 1060. The molecule has 3 aromatic rings. The van der Waals surface area contributed by atoms with Gasteiger partial charge in [-0.1, -0.05) is 48.0 Å². The maximum Gasteiger partial charge on any atom is 0.239 e. The Labute approximate surface area is 193 Å². The van der Waals surface area contributed by atoms with Crippen LogP contribution in [0.3, 0.4) is 0 Å². The summed E-state index contributed by atoms with van der Waals surface area (Å²) >= 11 is 6.05. The van der Waals surface area contributed by atoms with Crippen LogP contribution >= 0.6 is 24.0 Å². The average Bonchev–Trinajstić information content (AvgIpc) is 3.34. The number of carbonyl (C=O) groups excluding carboxylic acids is 1. The number of aromatic nitrogens is 2. The van der Waals surface area contributed by atoms with Crippen LogP contribution in [-0.4, -0.2) is 59.8 Å². The van der Waals surface area contributed by atoms with E-state index in [2.05, 4.69) is 32.5 Å². The zero-order valence-electron chi connectivity index (χ0n) is 17.1. The number of fused-ring (bicyclic) bond motifs is 1. The highest BCUT2D eigenvalue weighted by molar-refractivity contribution is 6.30. The van der Waals surface area contributed by atoms with E-state index in [1.807, 2.05) is 41.3 Å². The molecule has 0 saturated carbocycles. The van der Waals surface area contributed by atoms with Crippen molar-refractivity contribution in [3.63, 3.8) is 0 Å². The highest BCUT2D eigenvalue weighted by Gasteiger charge is 2.30. The fourth-order valence-electron chi connectivity index (χ4n) is 4.40. The Morgan fingerprint density at radius 3 is 2.35 bits per heavy atom. The van der Waals surface area contributed by atoms with Crippen LogP contribution in [-0.2, 0) is 4.79 Å². The second-order valence-corrected chi connectivity index (χ2v) is 8.32. The van der Waals surface area contributed by atoms with Crippen molar-refractivity contribution >= 4 is 46.5 Å². The SMILES string of the molecule is Cl.O=C([C@H]1CCCN1)N1CCN(c2nnc(-c3ccc(Cl)cc3)c3ccccc23)CC1. The molecule has 2 saturated heterocycles. The zero-order valence-corrected chi connectivity index (χ0v) is 18.7. The molecule has 1 atom stereocenters. The summed E-state index contributed by atoms with van der Waals surface area (Å²) in [5, 5.41) is 15.3. The van der Waals surface area contributed by atoms with Gasteiger partial charge in [-0.2, -0.15) is 0 Å². The molecular weight excluding hydrogens is 433 g/mol. The van der Waals surface area contributed by atoms with E-state index in [9.17, 15) is 4.79 Å². The summed E-state index contributed by atoms with van der Waals surface area (Å²) in [5.74, 6) is 1.12. The Morgan fingerprint density at radius 1 is 0.968 bits per heavy atom. The van der Waals surface area contributed by atoms with Crippen molar-refractivity contribution in [2.45, 2.75) is 18.9 Å². The molecule has 6 nitrogen and oxygen atoms in total. The maximum atomic E-state index is 12.7. The van der Waals surface area contributed by atoms with Gasteiger partial charge in [0.25, 0.3) is 0 Å². The van der Waals surface area contributed by atoms with E-state index in [0.29, 0.717) is 18.1 Å². The van der Waals surface area contributed by atoms with Crippen molar-refractivity contribution in [1.29, 1.82) is 0 Å². The molecule has 0 radical (unpaired) electrons. The zero-order chi connectivity index (χ0) is 20.5. The van der Waals surface area contributed by atoms with Gasteiger partial charge in [-0.3, -0.25) is 4.79 Å². The van der Waals surface area contributed by atoms with Crippen molar-refractivity contribution in [3.8, 4) is 11.3 Å². The van der Waals surface area contributed by atoms with Gasteiger partial charge in [0.1, 0.15) is 5.69 Å². The quantitative estimate of drug-likeness (QED) is 0.648. The molecule has 31 heavy (non-hydrogen) atoms. The molecule has 2 aromatic carbocycles. The smallest absolute Gasteiger partial charge is 0.239 e. The number of nitrogens with one attached hydrogen (secondary N) is 1. The molecule has 2 aliphatic rings. The minimum Gasteiger partial charge on any atom is -0.351 e. The third kappa shape index (κ3) is 4.33. The highest BCUT2D eigenvalue weighted by Crippen LogP contribution is 2.32. The van der Waals surface area contributed by atoms with Crippen molar-refractivity contribution in [1.82, 2.24) is 20.4 Å². The van der Waals surface area contributed by atoms with Gasteiger partial charge in [0, 0.05) is 47.5 Å². The standard InChI is InChI=1S/C23H24ClN5O.ClH/c24-17-9-7-16(8-10-17)21-18-4-1-2-5-19(18)22(27-26-21)28-12-14-29(15-13-28)23(30)20-6-3-11-25-20;/h1-2,4-5,7-10,20,25H,3,6,11-15H2;1H/t20-;/m1./s1. The van der Waals surface area contributed by atoms with E-state index in [4.69, 9.17) is 11.6 Å². The minimum absolute atomic E-state index is 0. The number of hydrogen-bond acceptors (Lipinski definition) is 5. The lowest BCUT2D eigenvalue weighted by Gasteiger charge is -2.36. The van der Waals surface area contributed by atoms with Crippen LogP contribution in [0.2, 0.25) is 5.02 Å². The maximum absolute atomic E-state index is 12.7. The van der Waals surface area contributed by atoms with E-state index in [-0.39, 0.29) is 24.4 Å². The van der Waals surface area contributed by atoms with Crippen LogP contribution in [0.4, 0.5) is 5.82 Å². The molecule has 8 heteroatoms. The molecular formula is C23H25Cl2N5O. The summed E-state index contributed by atoms with van der Waals surface area (Å²) in [4.78, 5) is 16.9. The van der Waals surface area contributed by atoms with Gasteiger partial charge in [-0.15, -0.1) is 22.6 Å². The number of rotatable bonds is 3. The van der Waals surface area contributed by atoms with Gasteiger partial charge in [0.05, 0.1) is 6.04 Å². The van der Waals surface area contributed by atoms with Crippen molar-refractivity contribution in [2.75, 3.05) is 37.6 Å². The molecule has 3 heterocycles. The summed E-state index contributed by atoms with van der Waals surface area (Å²) in [6, 6.07) is 15.9. The second kappa shape index (κ2) is 9.39. The fraction of sp³-hybridized carbons (Fsp3) is 0.348. The number of piperazine rings is 1. The van der Waals surface area contributed by atoms with E-state index >= 15 is 0 Å². The normalized spacial score (nSPS) is 18.8. The lowest BCUT2D eigenvalue weighted by molar-refractivity contribution is -0.133. The summed E-state index contributed by atoms with van der Waals surface area (Å²) in [6.45, 7) is 3.89. The van der Waals surface area contributed by atoms with Gasteiger partial charge in [-0.05, 0) is 31.5 Å². The molecule has 0 bridgehead atoms. The van der Waals surface area contributed by atoms with Crippen molar-refractivity contribution < 1.29 is 4.79 Å². The summed E-state index contributed by atoms with van der Waals surface area (Å²) in [6.07, 6.45) is 2.03. The minimum atomic E-state index is -0.00386. The van der Waals surface area contributed by atoms with E-state index in [1.165, 1.54) is 0 Å². The first-order valence-corrected chi connectivity index (χ1v) is 10.9. The molecule has 1 amide bonds. The first-order valence-electron chi connectivity index (χ1n) is 10.5. The predicted molar refractivity (Wildman–Crippen MR) is 127 cm³/mol. The number of amides is 1. The average molecular weight is 458 g/mol. The van der Waals surface area contributed by atoms with Crippen molar-refractivity contribution in [3.05, 3.63) is 53.6 Å². The van der Waals surface area contributed by atoms with Crippen LogP contribution in [0.1, 0.15) is 12.8 Å². The van der Waals surface area contributed by atoms with Gasteiger partial charge >= 0.3 is 0 Å². The van der Waals surface area contributed by atoms with Gasteiger partial charge in [0.15, 0.2) is 5.82 Å². The van der Waals surface area contributed by atoms with Crippen LogP contribution in [0.5, 0.6) is 0 Å². The largest absolute Gasteiger partial charge is 0.351 e. The van der Waals surface area contributed by atoms with E-state index in [0.717, 1.165) is 60.3 Å². The summed E-state index contributed by atoms with van der Waals surface area (Å²) in [5.41, 5.74) is 1.85. The number of benzene rings is 2. The van der Waals surface area contributed by atoms with Crippen LogP contribution in [0, 0.1) is 0 Å². The number of anilines is 1. The van der Waals surface area contributed by atoms with Crippen LogP contribution < -0.4 is 10.2 Å². The molecule has 2 fully saturated rings. The number of halogens is 2. The third-order valence-electron chi connectivity index (χ3n) is 6.03. The number of nitrogens with zero attached hydrogens (tertiary/aromatic N) is 4. The summed E-state index contributed by atoms with van der Waals surface area (Å²) in [7, 11) is 0. The topological polar surface area (TPSA) is 61.4 Å². The van der Waals surface area contributed by atoms with Gasteiger partial charge in [0.2, 0.25) is 5.91 Å². The van der Waals surface area contributed by atoms with Gasteiger partial charge < -0.3 is 15.1 Å². The Kier molecular flexibility index (Phi) is 6.60. The molecule has 0 spiro atoms. The monoisotopic (exact) mass is 457 g/mol. The fourth-order valence-corrected chi connectivity index (χ4v) is 4.52. The highest BCUT2D eigenvalue weighted by atomic mass is 35.5. The third-order valence-corrected chi connectivity index (χ3v) is 6.29. The molecule has 5 rings (SSSR count). The van der Waals surface area contributed by atoms with Crippen molar-refractivity contribution in [2.24, 2.45) is 0 Å². The number of hydrogen-bond donors (Lipinski definition) is 1. The Hall–Kier alpha value is -2.41. The number of carbonyl (C=O) groups is 1. The van der Waals surface area contributed by atoms with Crippen LogP contribution in [0.15, 0.2) is 48.5 Å². The van der Waals surface area contributed by atoms with E-state index < -0.39 is 0 Å². The molecule has 162 valence electrons. The second-order valence-electron chi connectivity index (χ2n) is 7.89. The van der Waals surface area contributed by atoms with E-state index in [1.54, 1.807) is 0 Å². The molecule has 0 aliphatic carbocycles. The van der Waals surface area contributed by atoms with Gasteiger partial charge in [-0.25, -0.2) is 0 Å². The molecule has 1 aromatic heterocycles.